The lowest BCUT2D eigenvalue weighted by atomic mass is 10.0. The van der Waals surface area contributed by atoms with Gasteiger partial charge < -0.3 is 30.5 Å². The molecule has 1 heterocycles. The van der Waals surface area contributed by atoms with E-state index in [0.717, 1.165) is 12.8 Å². The number of hydrogen-bond acceptors (Lipinski definition) is 7. The number of aliphatic hydroxyl groups is 3. The third-order valence-corrected chi connectivity index (χ3v) is 3.10. The molecule has 1 aliphatic heterocycles. The second-order valence-electron chi connectivity index (χ2n) is 4.70. The van der Waals surface area contributed by atoms with E-state index in [1.165, 1.54) is 0 Å². The number of rotatable bonds is 7. The molecule has 1 aliphatic rings. The van der Waals surface area contributed by atoms with Gasteiger partial charge in [0.25, 0.3) is 0 Å². The monoisotopic (exact) mass is 277 g/mol. The van der Waals surface area contributed by atoms with Crippen molar-refractivity contribution in [1.29, 1.82) is 0 Å². The summed E-state index contributed by atoms with van der Waals surface area (Å²) in [7, 11) is 0. The maximum atomic E-state index is 11.4. The third-order valence-electron chi connectivity index (χ3n) is 3.10. The molecule has 0 radical (unpaired) electrons. The van der Waals surface area contributed by atoms with Crippen LogP contribution in [0.4, 0.5) is 0 Å². The van der Waals surface area contributed by atoms with Crippen LogP contribution in [0.5, 0.6) is 0 Å². The van der Waals surface area contributed by atoms with E-state index in [9.17, 15) is 20.1 Å². The fourth-order valence-electron chi connectivity index (χ4n) is 1.85. The van der Waals surface area contributed by atoms with Crippen LogP contribution < -0.4 is 5.73 Å². The van der Waals surface area contributed by atoms with Crippen molar-refractivity contribution in [3.8, 4) is 0 Å². The van der Waals surface area contributed by atoms with Crippen molar-refractivity contribution in [2.24, 2.45) is 5.73 Å². The normalized spacial score (nSPS) is 31.2. The molecule has 1 saturated heterocycles. The fraction of sp³-hybridized carbons (Fsp3) is 0.917. The van der Waals surface area contributed by atoms with Gasteiger partial charge in [0.2, 0.25) is 0 Å². The molecule has 112 valence electrons. The predicted molar refractivity (Wildman–Crippen MR) is 66.2 cm³/mol. The highest BCUT2D eigenvalue weighted by Crippen LogP contribution is 2.16. The van der Waals surface area contributed by atoms with E-state index >= 15 is 0 Å². The highest BCUT2D eigenvalue weighted by Gasteiger charge is 2.37. The molecule has 5 N–H and O–H groups in total. The van der Waals surface area contributed by atoms with Gasteiger partial charge >= 0.3 is 5.97 Å². The van der Waals surface area contributed by atoms with E-state index in [2.05, 4.69) is 0 Å². The maximum Gasteiger partial charge on any atom is 0.305 e. The molecule has 0 aromatic carbocycles. The number of nitrogens with two attached hydrogens (primary N) is 1. The summed E-state index contributed by atoms with van der Waals surface area (Å²) >= 11 is 0. The van der Waals surface area contributed by atoms with Crippen LogP contribution in [-0.2, 0) is 14.3 Å². The molecule has 4 atom stereocenters. The van der Waals surface area contributed by atoms with Crippen molar-refractivity contribution in [2.75, 3.05) is 19.8 Å². The zero-order chi connectivity index (χ0) is 14.3. The van der Waals surface area contributed by atoms with Gasteiger partial charge in [0.15, 0.2) is 0 Å². The Morgan fingerprint density at radius 1 is 1.21 bits per heavy atom. The number of ether oxygens (including phenoxy) is 2. The number of hydrogen-bond donors (Lipinski definition) is 4. The summed E-state index contributed by atoms with van der Waals surface area (Å²) in [6, 6.07) is 0. The topological polar surface area (TPSA) is 122 Å². The van der Waals surface area contributed by atoms with Crippen LogP contribution in [0.1, 0.15) is 25.7 Å². The van der Waals surface area contributed by atoms with Gasteiger partial charge in [0.05, 0.1) is 6.61 Å². The molecule has 0 spiro atoms. The minimum Gasteiger partial charge on any atom is -0.463 e. The van der Waals surface area contributed by atoms with Crippen molar-refractivity contribution in [2.45, 2.75) is 50.1 Å². The summed E-state index contributed by atoms with van der Waals surface area (Å²) in [5.74, 6) is -0.367. The number of aliphatic hydroxyl groups excluding tert-OH is 3. The van der Waals surface area contributed by atoms with Gasteiger partial charge in [0.1, 0.15) is 31.0 Å². The minimum absolute atomic E-state index is 0.0864. The molecule has 7 nitrogen and oxygen atoms in total. The van der Waals surface area contributed by atoms with Gasteiger partial charge in [-0.1, -0.05) is 6.42 Å². The second kappa shape index (κ2) is 8.44. The summed E-state index contributed by atoms with van der Waals surface area (Å²) < 4.78 is 10.1. The Bertz CT molecular complexity index is 275. The van der Waals surface area contributed by atoms with Crippen LogP contribution in [0.2, 0.25) is 0 Å². The largest absolute Gasteiger partial charge is 0.463 e. The molecule has 0 aliphatic carbocycles. The van der Waals surface area contributed by atoms with Crippen LogP contribution in [0.3, 0.4) is 0 Å². The summed E-state index contributed by atoms with van der Waals surface area (Å²) in [5.41, 5.74) is 5.34. The molecule has 0 unspecified atom stereocenters. The predicted octanol–water partition coefficient (Wildman–Crippen LogP) is -1.47. The smallest absolute Gasteiger partial charge is 0.305 e. The molecule has 0 aromatic heterocycles. The van der Waals surface area contributed by atoms with Gasteiger partial charge in [-0.25, -0.2) is 0 Å². The Kier molecular flexibility index (Phi) is 7.25. The van der Waals surface area contributed by atoms with Crippen LogP contribution >= 0.6 is 0 Å². The van der Waals surface area contributed by atoms with Gasteiger partial charge in [-0.2, -0.15) is 0 Å². The van der Waals surface area contributed by atoms with E-state index in [1.54, 1.807) is 0 Å². The Morgan fingerprint density at radius 3 is 2.63 bits per heavy atom. The highest BCUT2D eigenvalue weighted by atomic mass is 16.6. The second-order valence-corrected chi connectivity index (χ2v) is 4.70. The first-order chi connectivity index (χ1) is 9.06. The van der Waals surface area contributed by atoms with Gasteiger partial charge in [-0.3, -0.25) is 4.79 Å². The lowest BCUT2D eigenvalue weighted by molar-refractivity contribution is -0.201. The molecule has 0 saturated carbocycles. The first kappa shape index (κ1) is 16.3. The van der Waals surface area contributed by atoms with Gasteiger partial charge in [-0.05, 0) is 19.4 Å². The Morgan fingerprint density at radius 2 is 1.95 bits per heavy atom. The highest BCUT2D eigenvalue weighted by molar-refractivity contribution is 5.69. The minimum atomic E-state index is -1.28. The van der Waals surface area contributed by atoms with Crippen LogP contribution in [0.15, 0.2) is 0 Å². The molecule has 1 fully saturated rings. The van der Waals surface area contributed by atoms with Crippen molar-refractivity contribution in [1.82, 2.24) is 0 Å². The summed E-state index contributed by atoms with van der Waals surface area (Å²) in [6.45, 7) is 0.398. The summed E-state index contributed by atoms with van der Waals surface area (Å²) in [6.07, 6.45) is -1.68. The first-order valence-electron chi connectivity index (χ1n) is 6.57. The third kappa shape index (κ3) is 5.42. The van der Waals surface area contributed by atoms with E-state index in [1.807, 2.05) is 0 Å². The fourth-order valence-corrected chi connectivity index (χ4v) is 1.85. The number of unbranched alkanes of at least 4 members (excludes halogenated alkanes) is 2. The maximum absolute atomic E-state index is 11.4. The summed E-state index contributed by atoms with van der Waals surface area (Å²) in [5, 5.41) is 28.3. The molecule has 7 heteroatoms. The molecule has 0 aromatic rings. The van der Waals surface area contributed by atoms with Crippen LogP contribution in [0, 0.1) is 0 Å². The van der Waals surface area contributed by atoms with Crippen molar-refractivity contribution in [3.63, 3.8) is 0 Å². The van der Waals surface area contributed by atoms with Crippen molar-refractivity contribution < 1.29 is 29.6 Å². The lowest BCUT2D eigenvalue weighted by Gasteiger charge is -2.34. The lowest BCUT2D eigenvalue weighted by Crippen LogP contribution is -2.54. The number of carbonyl (C=O) groups excluding carboxylic acids is 1. The van der Waals surface area contributed by atoms with E-state index < -0.39 is 24.4 Å². The van der Waals surface area contributed by atoms with Crippen molar-refractivity contribution in [3.05, 3.63) is 0 Å². The summed E-state index contributed by atoms with van der Waals surface area (Å²) in [4.78, 5) is 11.4. The van der Waals surface area contributed by atoms with E-state index in [-0.39, 0.29) is 19.2 Å². The molecule has 1 rings (SSSR count). The number of esters is 1. The average molecular weight is 277 g/mol. The first-order valence-corrected chi connectivity index (χ1v) is 6.57. The SMILES string of the molecule is NCCCCCC(=O)OC[C@H]1OC[C@H](O)[C@@H](O)[C@@H]1O. The zero-order valence-electron chi connectivity index (χ0n) is 10.9. The quantitative estimate of drug-likeness (QED) is 0.331. The Balaban J connectivity index is 2.19. The molecular formula is C12H23NO6. The van der Waals surface area contributed by atoms with Crippen LogP contribution in [-0.4, -0.2) is 65.5 Å². The average Bonchev–Trinajstić information content (AvgIpc) is 2.40. The van der Waals surface area contributed by atoms with Gasteiger partial charge in [0, 0.05) is 6.42 Å². The molecule has 0 bridgehead atoms. The number of carbonyl (C=O) groups is 1. The van der Waals surface area contributed by atoms with Crippen molar-refractivity contribution >= 4 is 5.97 Å². The van der Waals surface area contributed by atoms with Gasteiger partial charge in [-0.15, -0.1) is 0 Å². The molecular weight excluding hydrogens is 254 g/mol. The standard InChI is InChI=1S/C12H23NO6/c13-5-3-1-2-4-10(15)19-7-9-12(17)11(16)8(14)6-18-9/h8-9,11-12,14,16-17H,1-7,13H2/t8-,9+,11+,12+/m0/s1. The zero-order valence-corrected chi connectivity index (χ0v) is 10.9. The van der Waals surface area contributed by atoms with E-state index in [0.29, 0.717) is 19.4 Å². The van der Waals surface area contributed by atoms with Crippen LogP contribution in [0.25, 0.3) is 0 Å². The Labute approximate surface area is 112 Å². The Hall–Kier alpha value is -0.730. The molecule has 0 amide bonds. The van der Waals surface area contributed by atoms with E-state index in [4.69, 9.17) is 15.2 Å². The molecule has 19 heavy (non-hydrogen) atoms.